The van der Waals surface area contributed by atoms with Gasteiger partial charge in [0, 0.05) is 49.9 Å². The number of carbonyl (C=O) groups excluding carboxylic acids is 1. The van der Waals surface area contributed by atoms with E-state index in [1.165, 1.54) is 12.8 Å². The van der Waals surface area contributed by atoms with Crippen molar-refractivity contribution in [1.82, 2.24) is 9.97 Å². The number of amides is 1. The van der Waals surface area contributed by atoms with Crippen LogP contribution in [-0.4, -0.2) is 55.3 Å². The molecule has 2 aromatic rings. The second kappa shape index (κ2) is 8.38. The predicted molar refractivity (Wildman–Crippen MR) is 114 cm³/mol. The van der Waals surface area contributed by atoms with E-state index in [9.17, 15) is 4.79 Å². The van der Waals surface area contributed by atoms with E-state index in [1.54, 1.807) is 6.33 Å². The molecule has 1 aromatic carbocycles. The highest BCUT2D eigenvalue weighted by Crippen LogP contribution is 2.33. The highest BCUT2D eigenvalue weighted by molar-refractivity contribution is 5.93. The number of ether oxygens (including phenoxy) is 2. The summed E-state index contributed by atoms with van der Waals surface area (Å²) in [7, 11) is 0. The van der Waals surface area contributed by atoms with Gasteiger partial charge in [-0.2, -0.15) is 0 Å². The van der Waals surface area contributed by atoms with Gasteiger partial charge in [0.25, 0.3) is 0 Å². The molecule has 3 aliphatic rings. The Hall–Kier alpha value is -3.03. The zero-order valence-electron chi connectivity index (χ0n) is 17.0. The maximum absolute atomic E-state index is 12.8. The van der Waals surface area contributed by atoms with Gasteiger partial charge in [-0.25, -0.2) is 9.97 Å². The highest BCUT2D eigenvalue weighted by atomic mass is 16.6. The molecule has 158 valence electrons. The van der Waals surface area contributed by atoms with Gasteiger partial charge >= 0.3 is 0 Å². The van der Waals surface area contributed by atoms with Crippen molar-refractivity contribution in [1.29, 1.82) is 0 Å². The zero-order valence-corrected chi connectivity index (χ0v) is 17.0. The molecule has 4 heterocycles. The van der Waals surface area contributed by atoms with Gasteiger partial charge in [-0.15, -0.1) is 0 Å². The first-order chi connectivity index (χ1) is 14.8. The molecule has 0 bridgehead atoms. The molecule has 0 radical (unpaired) electrons. The summed E-state index contributed by atoms with van der Waals surface area (Å²) in [5.74, 6) is 3.44. The number of piperidine rings is 1. The van der Waals surface area contributed by atoms with E-state index in [0.717, 1.165) is 62.1 Å². The third-order valence-corrected chi connectivity index (χ3v) is 6.07. The molecule has 8 heteroatoms. The fourth-order valence-corrected chi connectivity index (χ4v) is 4.37. The van der Waals surface area contributed by atoms with Crippen LogP contribution in [0.25, 0.3) is 0 Å². The standard InChI is InChI=1S/C22H27N5O3/c28-22(25-17-3-4-18-19(13-17)30-12-11-29-18)16-5-9-27(10-6-16)21-14-20(23-15-24-21)26-7-1-2-8-26/h3-4,13-16H,1-2,5-12H2,(H,25,28). The lowest BCUT2D eigenvalue weighted by molar-refractivity contribution is -0.120. The monoisotopic (exact) mass is 409 g/mol. The van der Waals surface area contributed by atoms with Crippen molar-refractivity contribution in [3.63, 3.8) is 0 Å². The number of fused-ring (bicyclic) bond motifs is 1. The Morgan fingerprint density at radius 1 is 0.900 bits per heavy atom. The molecular weight excluding hydrogens is 382 g/mol. The average molecular weight is 409 g/mol. The summed E-state index contributed by atoms with van der Waals surface area (Å²) in [5, 5.41) is 3.04. The van der Waals surface area contributed by atoms with Gasteiger partial charge in [-0.1, -0.05) is 0 Å². The Morgan fingerprint density at radius 2 is 1.57 bits per heavy atom. The van der Waals surface area contributed by atoms with E-state index in [1.807, 2.05) is 18.2 Å². The SMILES string of the molecule is O=C(Nc1ccc2c(c1)OCCO2)C1CCN(c2cc(N3CCCC3)ncn2)CC1. The van der Waals surface area contributed by atoms with E-state index < -0.39 is 0 Å². The van der Waals surface area contributed by atoms with Gasteiger partial charge in [-0.3, -0.25) is 4.79 Å². The zero-order chi connectivity index (χ0) is 20.3. The molecule has 3 aliphatic heterocycles. The minimum Gasteiger partial charge on any atom is -0.486 e. The first-order valence-electron chi connectivity index (χ1n) is 10.8. The molecule has 1 aromatic heterocycles. The Labute approximate surface area is 176 Å². The normalized spacial score (nSPS) is 19.1. The number of hydrogen-bond donors (Lipinski definition) is 1. The second-order valence-electron chi connectivity index (χ2n) is 8.04. The summed E-state index contributed by atoms with van der Waals surface area (Å²) in [6, 6.07) is 7.63. The largest absolute Gasteiger partial charge is 0.486 e. The summed E-state index contributed by atoms with van der Waals surface area (Å²) in [6.07, 6.45) is 5.72. The molecule has 8 nitrogen and oxygen atoms in total. The van der Waals surface area contributed by atoms with Crippen LogP contribution in [0.3, 0.4) is 0 Å². The van der Waals surface area contributed by atoms with Crippen molar-refractivity contribution < 1.29 is 14.3 Å². The topological polar surface area (TPSA) is 79.8 Å². The summed E-state index contributed by atoms with van der Waals surface area (Å²) in [6.45, 7) is 4.86. The lowest BCUT2D eigenvalue weighted by atomic mass is 9.95. The summed E-state index contributed by atoms with van der Waals surface area (Å²) in [5.41, 5.74) is 0.748. The first kappa shape index (κ1) is 19.0. The molecule has 0 aliphatic carbocycles. The molecule has 0 unspecified atom stereocenters. The Balaban J connectivity index is 1.18. The van der Waals surface area contributed by atoms with Crippen LogP contribution in [0.1, 0.15) is 25.7 Å². The molecule has 1 N–H and O–H groups in total. The highest BCUT2D eigenvalue weighted by Gasteiger charge is 2.26. The molecule has 2 fully saturated rings. The number of benzene rings is 1. The van der Waals surface area contributed by atoms with Gasteiger partial charge in [-0.05, 0) is 37.8 Å². The Kier molecular flexibility index (Phi) is 5.29. The van der Waals surface area contributed by atoms with Crippen LogP contribution in [0.5, 0.6) is 11.5 Å². The van der Waals surface area contributed by atoms with Gasteiger partial charge in [0.2, 0.25) is 5.91 Å². The maximum atomic E-state index is 12.8. The van der Waals surface area contributed by atoms with Gasteiger partial charge < -0.3 is 24.6 Å². The second-order valence-corrected chi connectivity index (χ2v) is 8.04. The van der Waals surface area contributed by atoms with Gasteiger partial charge in [0.05, 0.1) is 0 Å². The fourth-order valence-electron chi connectivity index (χ4n) is 4.37. The van der Waals surface area contributed by atoms with Crippen molar-refractivity contribution in [3.8, 4) is 11.5 Å². The molecule has 5 rings (SSSR count). The lowest BCUT2D eigenvalue weighted by Gasteiger charge is -2.32. The van der Waals surface area contributed by atoms with Gasteiger partial charge in [0.1, 0.15) is 31.2 Å². The van der Waals surface area contributed by atoms with Crippen LogP contribution in [0.2, 0.25) is 0 Å². The van der Waals surface area contributed by atoms with E-state index >= 15 is 0 Å². The van der Waals surface area contributed by atoms with E-state index in [0.29, 0.717) is 19.0 Å². The smallest absolute Gasteiger partial charge is 0.227 e. The van der Waals surface area contributed by atoms with Crippen LogP contribution in [0, 0.1) is 5.92 Å². The van der Waals surface area contributed by atoms with Crippen LogP contribution in [0.15, 0.2) is 30.6 Å². The summed E-state index contributed by atoms with van der Waals surface area (Å²) >= 11 is 0. The van der Waals surface area contributed by atoms with Crippen molar-refractivity contribution in [2.75, 3.05) is 54.5 Å². The summed E-state index contributed by atoms with van der Waals surface area (Å²) < 4.78 is 11.1. The molecule has 2 saturated heterocycles. The van der Waals surface area contributed by atoms with Crippen molar-refractivity contribution in [2.24, 2.45) is 5.92 Å². The minimum absolute atomic E-state index is 0.00524. The van der Waals surface area contributed by atoms with Gasteiger partial charge in [0.15, 0.2) is 11.5 Å². The molecule has 1 amide bonds. The minimum atomic E-state index is -0.00524. The Morgan fingerprint density at radius 3 is 2.30 bits per heavy atom. The molecule has 30 heavy (non-hydrogen) atoms. The van der Waals surface area contributed by atoms with Crippen LogP contribution >= 0.6 is 0 Å². The number of carbonyl (C=O) groups is 1. The fraction of sp³-hybridized carbons (Fsp3) is 0.500. The third-order valence-electron chi connectivity index (χ3n) is 6.07. The third kappa shape index (κ3) is 3.99. The van der Waals surface area contributed by atoms with E-state index in [-0.39, 0.29) is 11.8 Å². The first-order valence-corrected chi connectivity index (χ1v) is 10.8. The van der Waals surface area contributed by atoms with Crippen LogP contribution < -0.4 is 24.6 Å². The number of hydrogen-bond acceptors (Lipinski definition) is 7. The number of nitrogens with one attached hydrogen (secondary N) is 1. The average Bonchev–Trinajstić information content (AvgIpc) is 3.34. The van der Waals surface area contributed by atoms with E-state index in [4.69, 9.17) is 9.47 Å². The molecule has 0 atom stereocenters. The quantitative estimate of drug-likeness (QED) is 0.832. The van der Waals surface area contributed by atoms with E-state index in [2.05, 4.69) is 31.2 Å². The number of nitrogens with zero attached hydrogens (tertiary/aromatic N) is 4. The maximum Gasteiger partial charge on any atom is 0.227 e. The lowest BCUT2D eigenvalue weighted by Crippen LogP contribution is -2.38. The molecule has 0 saturated carbocycles. The number of aromatic nitrogens is 2. The number of rotatable bonds is 4. The van der Waals surface area contributed by atoms with Crippen molar-refractivity contribution >= 4 is 23.2 Å². The van der Waals surface area contributed by atoms with Crippen molar-refractivity contribution in [3.05, 3.63) is 30.6 Å². The molecule has 0 spiro atoms. The van der Waals surface area contributed by atoms with Crippen LogP contribution in [0.4, 0.5) is 17.3 Å². The predicted octanol–water partition coefficient (Wildman–Crippen LogP) is 2.70. The van der Waals surface area contributed by atoms with Crippen molar-refractivity contribution in [2.45, 2.75) is 25.7 Å². The Bertz CT molecular complexity index is 907. The molecular formula is C22H27N5O3. The summed E-state index contributed by atoms with van der Waals surface area (Å²) in [4.78, 5) is 26.3. The van der Waals surface area contributed by atoms with Crippen LogP contribution in [-0.2, 0) is 4.79 Å². The number of anilines is 3.